The van der Waals surface area contributed by atoms with E-state index in [1.54, 1.807) is 30.3 Å². The zero-order valence-corrected chi connectivity index (χ0v) is 14.5. The van der Waals surface area contributed by atoms with E-state index in [0.29, 0.717) is 17.8 Å². The number of hydrogen-bond donors (Lipinski definition) is 2. The van der Waals surface area contributed by atoms with Gasteiger partial charge < -0.3 is 15.5 Å². The molecule has 2 N–H and O–H groups in total. The lowest BCUT2D eigenvalue weighted by molar-refractivity contribution is 0.101. The number of hydrogen-bond acceptors (Lipinski definition) is 3. The minimum absolute atomic E-state index is 0.0279. The highest BCUT2D eigenvalue weighted by Crippen LogP contribution is 2.18. The molecule has 0 bridgehead atoms. The molecule has 0 radical (unpaired) electrons. The van der Waals surface area contributed by atoms with Crippen molar-refractivity contribution in [3.8, 4) is 0 Å². The Labute approximate surface area is 146 Å². The van der Waals surface area contributed by atoms with E-state index in [9.17, 15) is 14.0 Å². The van der Waals surface area contributed by atoms with Crippen LogP contribution in [0.25, 0.3) is 0 Å². The first-order valence-corrected chi connectivity index (χ1v) is 7.94. The Morgan fingerprint density at radius 1 is 1.12 bits per heavy atom. The lowest BCUT2D eigenvalue weighted by Gasteiger charge is -2.25. The fourth-order valence-corrected chi connectivity index (χ4v) is 2.47. The van der Waals surface area contributed by atoms with Crippen LogP contribution in [-0.2, 0) is 0 Å². The fourth-order valence-electron chi connectivity index (χ4n) is 2.47. The van der Waals surface area contributed by atoms with E-state index < -0.39 is 0 Å². The molecule has 0 spiro atoms. The average molecular weight is 343 g/mol. The first kappa shape index (κ1) is 18.6. The fraction of sp³-hybridized carbons (Fsp3) is 0.263. The molecular formula is C19H22FN3O2. The van der Waals surface area contributed by atoms with Gasteiger partial charge in [-0.25, -0.2) is 9.18 Å². The Kier molecular flexibility index (Phi) is 6.25. The summed E-state index contributed by atoms with van der Waals surface area (Å²) in [6.07, 6.45) is 0. The van der Waals surface area contributed by atoms with Crippen molar-refractivity contribution < 1.29 is 14.0 Å². The predicted molar refractivity (Wildman–Crippen MR) is 96.3 cm³/mol. The number of nitrogens with zero attached hydrogens (tertiary/aromatic N) is 1. The monoisotopic (exact) mass is 343 g/mol. The number of benzene rings is 2. The molecule has 25 heavy (non-hydrogen) atoms. The van der Waals surface area contributed by atoms with Crippen LogP contribution < -0.4 is 10.6 Å². The molecule has 2 amide bonds. The lowest BCUT2D eigenvalue weighted by atomic mass is 10.1. The largest absolute Gasteiger partial charge is 0.336 e. The maximum absolute atomic E-state index is 13.4. The molecule has 1 atom stereocenters. The summed E-state index contributed by atoms with van der Waals surface area (Å²) < 4.78 is 13.4. The first-order valence-electron chi connectivity index (χ1n) is 7.94. The maximum Gasteiger partial charge on any atom is 0.319 e. The topological polar surface area (TPSA) is 61.4 Å². The molecular weight excluding hydrogens is 321 g/mol. The van der Waals surface area contributed by atoms with Crippen LogP contribution in [0, 0.1) is 5.82 Å². The van der Waals surface area contributed by atoms with Crippen molar-refractivity contribution in [3.05, 3.63) is 65.5 Å². The zero-order valence-electron chi connectivity index (χ0n) is 14.5. The molecule has 0 fully saturated rings. The molecule has 6 heteroatoms. The summed E-state index contributed by atoms with van der Waals surface area (Å²) in [4.78, 5) is 25.2. The molecule has 0 aliphatic carbocycles. The van der Waals surface area contributed by atoms with Crippen LogP contribution >= 0.6 is 0 Å². The minimum atomic E-state index is -0.362. The predicted octanol–water partition coefficient (Wildman–Crippen LogP) is 3.45. The lowest BCUT2D eigenvalue weighted by Crippen LogP contribution is -2.36. The van der Waals surface area contributed by atoms with Gasteiger partial charge in [-0.1, -0.05) is 12.1 Å². The highest BCUT2D eigenvalue weighted by molar-refractivity contribution is 5.95. The van der Waals surface area contributed by atoms with Crippen LogP contribution in [-0.4, -0.2) is 37.4 Å². The van der Waals surface area contributed by atoms with Crippen LogP contribution in [0.3, 0.4) is 0 Å². The Balaban J connectivity index is 1.96. The number of nitrogens with one attached hydrogen (secondary N) is 2. The highest BCUT2D eigenvalue weighted by Gasteiger charge is 2.16. The number of rotatable bonds is 6. The molecule has 5 nitrogen and oxygen atoms in total. The van der Waals surface area contributed by atoms with Gasteiger partial charge in [0.1, 0.15) is 5.82 Å². The summed E-state index contributed by atoms with van der Waals surface area (Å²) in [5.41, 5.74) is 1.97. The number of anilines is 1. The van der Waals surface area contributed by atoms with Crippen LogP contribution in [0.15, 0.2) is 48.5 Å². The number of urea groups is 1. The van der Waals surface area contributed by atoms with Crippen molar-refractivity contribution in [1.82, 2.24) is 10.2 Å². The molecule has 0 saturated heterocycles. The molecule has 0 aliphatic heterocycles. The summed E-state index contributed by atoms with van der Waals surface area (Å²) in [7, 11) is 3.74. The van der Waals surface area contributed by atoms with E-state index in [-0.39, 0.29) is 23.7 Å². The standard InChI is InChI=1S/C19H22FN3O2/c1-13(24)14-7-9-17(10-8-14)22-19(25)21-12-18(23(2)3)15-5-4-6-16(20)11-15/h4-11,18H,12H2,1-3H3,(H2,21,22,25). The van der Waals surface area contributed by atoms with Gasteiger partial charge in [-0.15, -0.1) is 0 Å². The molecule has 132 valence electrons. The number of Topliss-reactive ketones (excluding diaryl/α,β-unsaturated/α-hetero) is 1. The Bertz CT molecular complexity index is 745. The molecule has 0 saturated carbocycles. The number of amides is 2. The van der Waals surface area contributed by atoms with Crippen LogP contribution in [0.1, 0.15) is 28.9 Å². The van der Waals surface area contributed by atoms with Crippen molar-refractivity contribution in [3.63, 3.8) is 0 Å². The first-order chi connectivity index (χ1) is 11.9. The SMILES string of the molecule is CC(=O)c1ccc(NC(=O)NCC(c2cccc(F)c2)N(C)C)cc1. The second-order valence-electron chi connectivity index (χ2n) is 6.00. The van der Waals surface area contributed by atoms with Gasteiger partial charge in [0.2, 0.25) is 0 Å². The van der Waals surface area contributed by atoms with Gasteiger partial charge in [0.25, 0.3) is 0 Å². The van der Waals surface area contributed by atoms with Gasteiger partial charge in [-0.3, -0.25) is 4.79 Å². The zero-order chi connectivity index (χ0) is 18.4. The summed E-state index contributed by atoms with van der Waals surface area (Å²) in [6, 6.07) is 12.5. The summed E-state index contributed by atoms with van der Waals surface area (Å²) in [6.45, 7) is 1.82. The summed E-state index contributed by atoms with van der Waals surface area (Å²) in [5, 5.41) is 5.50. The molecule has 0 aliphatic rings. The smallest absolute Gasteiger partial charge is 0.319 e. The van der Waals surface area contributed by atoms with E-state index >= 15 is 0 Å². The second-order valence-corrected chi connectivity index (χ2v) is 6.00. The molecule has 2 aromatic carbocycles. The van der Waals surface area contributed by atoms with Crippen molar-refractivity contribution in [2.75, 3.05) is 26.0 Å². The van der Waals surface area contributed by atoms with Gasteiger partial charge in [-0.2, -0.15) is 0 Å². The van der Waals surface area contributed by atoms with E-state index in [1.807, 2.05) is 25.1 Å². The maximum atomic E-state index is 13.4. The third-order valence-corrected chi connectivity index (χ3v) is 3.86. The van der Waals surface area contributed by atoms with Gasteiger partial charge >= 0.3 is 6.03 Å². The number of likely N-dealkylation sites (N-methyl/N-ethyl adjacent to an activating group) is 1. The number of ketones is 1. The molecule has 2 rings (SSSR count). The molecule has 1 unspecified atom stereocenters. The van der Waals surface area contributed by atoms with Crippen LogP contribution in [0.5, 0.6) is 0 Å². The third kappa shape index (κ3) is 5.39. The normalized spacial score (nSPS) is 11.9. The Hall–Kier alpha value is -2.73. The second kappa shape index (κ2) is 8.39. The van der Waals surface area contributed by atoms with Gasteiger partial charge in [0.05, 0.1) is 6.04 Å². The van der Waals surface area contributed by atoms with Gasteiger partial charge in [0, 0.05) is 17.8 Å². The van der Waals surface area contributed by atoms with Gasteiger partial charge in [-0.05, 0) is 63.0 Å². The highest BCUT2D eigenvalue weighted by atomic mass is 19.1. The number of carbonyl (C=O) groups excluding carboxylic acids is 2. The Morgan fingerprint density at radius 2 is 1.80 bits per heavy atom. The summed E-state index contributed by atoms with van der Waals surface area (Å²) >= 11 is 0. The number of halogens is 1. The van der Waals surface area contributed by atoms with Crippen molar-refractivity contribution in [2.45, 2.75) is 13.0 Å². The van der Waals surface area contributed by atoms with Crippen molar-refractivity contribution in [1.29, 1.82) is 0 Å². The van der Waals surface area contributed by atoms with E-state index in [0.717, 1.165) is 5.56 Å². The average Bonchev–Trinajstić information content (AvgIpc) is 2.55. The number of carbonyl (C=O) groups is 2. The Morgan fingerprint density at radius 3 is 2.36 bits per heavy atom. The van der Waals surface area contributed by atoms with Crippen molar-refractivity contribution in [2.24, 2.45) is 0 Å². The molecule has 0 heterocycles. The van der Waals surface area contributed by atoms with E-state index in [2.05, 4.69) is 10.6 Å². The molecule has 0 aromatic heterocycles. The summed E-state index contributed by atoms with van der Waals surface area (Å²) in [5.74, 6) is -0.334. The quantitative estimate of drug-likeness (QED) is 0.790. The minimum Gasteiger partial charge on any atom is -0.336 e. The molecule has 2 aromatic rings. The van der Waals surface area contributed by atoms with Crippen LogP contribution in [0.4, 0.5) is 14.9 Å². The van der Waals surface area contributed by atoms with Crippen LogP contribution in [0.2, 0.25) is 0 Å². The van der Waals surface area contributed by atoms with E-state index in [1.165, 1.54) is 19.1 Å². The van der Waals surface area contributed by atoms with Gasteiger partial charge in [0.15, 0.2) is 5.78 Å². The van der Waals surface area contributed by atoms with Crippen molar-refractivity contribution >= 4 is 17.5 Å². The van der Waals surface area contributed by atoms with E-state index in [4.69, 9.17) is 0 Å². The third-order valence-electron chi connectivity index (χ3n) is 3.86.